The van der Waals surface area contributed by atoms with Crippen molar-refractivity contribution in [1.29, 1.82) is 0 Å². The number of aromatic nitrogens is 2. The van der Waals surface area contributed by atoms with Crippen LogP contribution in [0, 0.1) is 12.3 Å². The fraction of sp³-hybridized carbons (Fsp3) is 0.667. The van der Waals surface area contributed by atoms with Crippen LogP contribution >= 0.6 is 0 Å². The van der Waals surface area contributed by atoms with Gasteiger partial charge in [0.2, 0.25) is 5.95 Å². The second-order valence-corrected chi connectivity index (χ2v) is 8.16. The van der Waals surface area contributed by atoms with Gasteiger partial charge in [0.05, 0.1) is 12.2 Å². The van der Waals surface area contributed by atoms with Crippen LogP contribution in [-0.2, 0) is 20.8 Å². The lowest BCUT2D eigenvalue weighted by atomic mass is 9.97. The van der Waals surface area contributed by atoms with Crippen LogP contribution in [0.3, 0.4) is 0 Å². The third-order valence-corrected chi connectivity index (χ3v) is 5.39. The lowest BCUT2D eigenvalue weighted by Crippen LogP contribution is -2.42. The molecule has 1 radical (unpaired) electrons. The predicted molar refractivity (Wildman–Crippen MR) is 86.5 cm³/mol. The standard InChI is InChI=1S/C15H21F3N3O3S/c1-3-8-24-13(25(2,22)23)11-4-6-21(7-5-11)14-19-9-12(10-20-14)15(16,17)18/h3,9-11,13H,4-8H2,1-2H3/t13-/m0/s1. The van der Waals surface area contributed by atoms with Crippen molar-refractivity contribution in [1.82, 2.24) is 9.97 Å². The van der Waals surface area contributed by atoms with Crippen molar-refractivity contribution in [2.24, 2.45) is 5.92 Å². The Balaban J connectivity index is 2.00. The highest BCUT2D eigenvalue weighted by Crippen LogP contribution is 2.30. The Morgan fingerprint density at radius 3 is 2.32 bits per heavy atom. The largest absolute Gasteiger partial charge is 0.419 e. The summed E-state index contributed by atoms with van der Waals surface area (Å²) < 4.78 is 67.0. The molecule has 1 aliphatic rings. The van der Waals surface area contributed by atoms with Gasteiger partial charge in [-0.25, -0.2) is 18.4 Å². The smallest absolute Gasteiger partial charge is 0.362 e. The third-order valence-electron chi connectivity index (χ3n) is 4.02. The van der Waals surface area contributed by atoms with E-state index in [2.05, 4.69) is 9.97 Å². The average molecular weight is 380 g/mol. The zero-order valence-corrected chi connectivity index (χ0v) is 14.8. The van der Waals surface area contributed by atoms with Crippen LogP contribution in [0.5, 0.6) is 0 Å². The van der Waals surface area contributed by atoms with Crippen LogP contribution in [0.25, 0.3) is 0 Å². The number of nitrogens with zero attached hydrogens (tertiary/aromatic N) is 3. The lowest BCUT2D eigenvalue weighted by Gasteiger charge is -2.35. The Kier molecular flexibility index (Phi) is 6.26. The van der Waals surface area contributed by atoms with E-state index < -0.39 is 27.0 Å². The van der Waals surface area contributed by atoms with Gasteiger partial charge in [-0.2, -0.15) is 13.2 Å². The van der Waals surface area contributed by atoms with E-state index >= 15 is 0 Å². The van der Waals surface area contributed by atoms with Gasteiger partial charge in [-0.1, -0.05) is 6.92 Å². The van der Waals surface area contributed by atoms with Crippen molar-refractivity contribution in [2.45, 2.75) is 31.4 Å². The molecule has 0 aromatic carbocycles. The monoisotopic (exact) mass is 380 g/mol. The van der Waals surface area contributed by atoms with Crippen LogP contribution in [0.1, 0.15) is 25.3 Å². The molecule has 1 aromatic rings. The molecule has 0 N–H and O–H groups in total. The maximum absolute atomic E-state index is 12.5. The van der Waals surface area contributed by atoms with E-state index in [1.54, 1.807) is 18.2 Å². The van der Waals surface area contributed by atoms with E-state index in [0.717, 1.165) is 18.6 Å². The number of hydrogen-bond donors (Lipinski definition) is 0. The van der Waals surface area contributed by atoms with Crippen LogP contribution in [0.4, 0.5) is 19.1 Å². The molecule has 0 bridgehead atoms. The van der Waals surface area contributed by atoms with Gasteiger partial charge in [0.25, 0.3) is 0 Å². The minimum atomic E-state index is -4.47. The van der Waals surface area contributed by atoms with Crippen molar-refractivity contribution in [3.05, 3.63) is 24.4 Å². The topological polar surface area (TPSA) is 72.4 Å². The van der Waals surface area contributed by atoms with Crippen molar-refractivity contribution in [3.8, 4) is 0 Å². The van der Waals surface area contributed by atoms with E-state index in [1.807, 2.05) is 0 Å². The second kappa shape index (κ2) is 7.86. The third kappa shape index (κ3) is 5.27. The Hall–Kier alpha value is -1.42. The molecular weight excluding hydrogens is 359 g/mol. The molecular formula is C15H21F3N3O3S. The summed E-state index contributed by atoms with van der Waals surface area (Å²) in [5, 5.41) is 0. The SMILES string of the molecule is C[CH]CO[C@H](C1CCN(c2ncc(C(F)(F)F)cn2)CC1)S(C)(=O)=O. The molecule has 1 aromatic heterocycles. The van der Waals surface area contributed by atoms with Gasteiger partial charge in [0, 0.05) is 37.7 Å². The minimum absolute atomic E-state index is 0.166. The van der Waals surface area contributed by atoms with Gasteiger partial charge in [-0.3, -0.25) is 0 Å². The van der Waals surface area contributed by atoms with Crippen molar-refractivity contribution >= 4 is 15.8 Å². The summed E-state index contributed by atoms with van der Waals surface area (Å²) in [5.74, 6) is 0.0470. The zero-order chi connectivity index (χ0) is 18.7. The van der Waals surface area contributed by atoms with Crippen molar-refractivity contribution in [2.75, 3.05) is 30.9 Å². The molecule has 25 heavy (non-hydrogen) atoms. The first-order chi connectivity index (χ1) is 11.6. The molecule has 0 saturated carbocycles. The van der Waals surface area contributed by atoms with Gasteiger partial charge >= 0.3 is 6.18 Å². The normalized spacial score (nSPS) is 18.4. The molecule has 10 heteroatoms. The van der Waals surface area contributed by atoms with E-state index in [0.29, 0.717) is 25.9 Å². The fourth-order valence-corrected chi connectivity index (χ4v) is 4.10. The van der Waals surface area contributed by atoms with E-state index in [1.165, 1.54) is 0 Å². The van der Waals surface area contributed by atoms with Gasteiger partial charge in [0.15, 0.2) is 15.3 Å². The molecule has 0 unspecified atom stereocenters. The van der Waals surface area contributed by atoms with Crippen molar-refractivity contribution in [3.63, 3.8) is 0 Å². The first-order valence-electron chi connectivity index (χ1n) is 7.85. The lowest BCUT2D eigenvalue weighted by molar-refractivity contribution is -0.138. The van der Waals surface area contributed by atoms with Crippen LogP contribution in [0.15, 0.2) is 12.4 Å². The Morgan fingerprint density at radius 1 is 1.32 bits per heavy atom. The summed E-state index contributed by atoms with van der Waals surface area (Å²) in [6, 6.07) is 0. The second-order valence-electron chi connectivity index (χ2n) is 6.03. The zero-order valence-electron chi connectivity index (χ0n) is 14.0. The van der Waals surface area contributed by atoms with Crippen LogP contribution in [-0.4, -0.2) is 49.8 Å². The van der Waals surface area contributed by atoms with Gasteiger partial charge in [-0.05, 0) is 19.3 Å². The number of piperidine rings is 1. The fourth-order valence-electron chi connectivity index (χ4n) is 2.80. The molecule has 1 atom stereocenters. The van der Waals surface area contributed by atoms with Crippen molar-refractivity contribution < 1.29 is 26.3 Å². The number of sulfone groups is 1. The van der Waals surface area contributed by atoms with E-state index in [9.17, 15) is 21.6 Å². The Labute approximate surface area is 145 Å². The van der Waals surface area contributed by atoms with E-state index in [4.69, 9.17) is 4.74 Å². The molecule has 0 spiro atoms. The molecule has 1 saturated heterocycles. The highest BCUT2D eigenvalue weighted by molar-refractivity contribution is 7.91. The summed E-state index contributed by atoms with van der Waals surface area (Å²) in [6.45, 7) is 2.95. The number of alkyl halides is 3. The molecule has 1 aliphatic heterocycles. The van der Waals surface area contributed by atoms with Gasteiger partial charge in [0.1, 0.15) is 0 Å². The molecule has 2 rings (SSSR count). The number of rotatable bonds is 6. The first-order valence-corrected chi connectivity index (χ1v) is 9.81. The molecule has 0 amide bonds. The summed E-state index contributed by atoms with van der Waals surface area (Å²) in [5.41, 5.74) is -1.77. The highest BCUT2D eigenvalue weighted by atomic mass is 32.2. The van der Waals surface area contributed by atoms with Crippen LogP contribution in [0.2, 0.25) is 0 Å². The Bertz CT molecular complexity index is 657. The number of ether oxygens (including phenoxy) is 1. The average Bonchev–Trinajstić information content (AvgIpc) is 2.54. The quantitative estimate of drug-likeness (QED) is 0.754. The maximum Gasteiger partial charge on any atom is 0.419 e. The predicted octanol–water partition coefficient (Wildman–Crippen LogP) is 2.32. The number of hydrogen-bond acceptors (Lipinski definition) is 6. The number of halogens is 3. The highest BCUT2D eigenvalue weighted by Gasteiger charge is 2.35. The molecule has 1 fully saturated rings. The molecule has 141 valence electrons. The maximum atomic E-state index is 12.5. The van der Waals surface area contributed by atoms with Crippen LogP contribution < -0.4 is 4.90 Å². The van der Waals surface area contributed by atoms with Gasteiger partial charge < -0.3 is 9.64 Å². The first kappa shape index (κ1) is 19.9. The molecule has 6 nitrogen and oxygen atoms in total. The molecule has 2 heterocycles. The van der Waals surface area contributed by atoms with E-state index in [-0.39, 0.29) is 18.5 Å². The Morgan fingerprint density at radius 2 is 1.88 bits per heavy atom. The number of anilines is 1. The summed E-state index contributed by atoms with van der Waals surface area (Å²) in [4.78, 5) is 9.31. The summed E-state index contributed by atoms with van der Waals surface area (Å²) in [7, 11) is -3.36. The summed E-state index contributed by atoms with van der Waals surface area (Å²) >= 11 is 0. The van der Waals surface area contributed by atoms with Gasteiger partial charge in [-0.15, -0.1) is 0 Å². The summed E-state index contributed by atoms with van der Waals surface area (Å²) in [6.07, 6.45) is 1.00. The molecule has 0 aliphatic carbocycles. The minimum Gasteiger partial charge on any atom is -0.362 e.